The molecule has 1 aliphatic carbocycles. The number of methoxy groups -OCH3 is 1. The zero-order valence-corrected chi connectivity index (χ0v) is 27.9. The highest BCUT2D eigenvalue weighted by atomic mass is 32.2. The SMILES string of the molecule is COC(C)(C)OC(C)Cc1cnc2c(c1)cc(C(=CC1CCCC1)OS(=O)(=O)c1ccc(C)cc1)n2S(=O)(=O)c1ccccc1. The van der Waals surface area contributed by atoms with Crippen LogP contribution in [-0.4, -0.2) is 44.8 Å². The van der Waals surface area contributed by atoms with Crippen LogP contribution < -0.4 is 0 Å². The highest BCUT2D eigenvalue weighted by Crippen LogP contribution is 2.35. The van der Waals surface area contributed by atoms with E-state index in [1.54, 1.807) is 55.8 Å². The summed E-state index contributed by atoms with van der Waals surface area (Å²) in [6.45, 7) is 7.44. The van der Waals surface area contributed by atoms with Gasteiger partial charge < -0.3 is 13.7 Å². The fourth-order valence-electron chi connectivity index (χ4n) is 5.61. The Balaban J connectivity index is 1.67. The van der Waals surface area contributed by atoms with E-state index in [9.17, 15) is 16.8 Å². The minimum Gasteiger partial charge on any atom is -0.377 e. The molecule has 2 aromatic carbocycles. The molecule has 0 N–H and O–H groups in total. The van der Waals surface area contributed by atoms with Crippen LogP contribution in [0.25, 0.3) is 16.8 Å². The van der Waals surface area contributed by atoms with E-state index in [0.29, 0.717) is 11.8 Å². The Kier molecular flexibility index (Phi) is 9.55. The maximum Gasteiger partial charge on any atom is 0.339 e. The lowest BCUT2D eigenvalue weighted by molar-refractivity contribution is -0.219. The van der Waals surface area contributed by atoms with Crippen LogP contribution in [0.15, 0.2) is 88.8 Å². The van der Waals surface area contributed by atoms with Crippen molar-refractivity contribution in [2.45, 2.75) is 81.5 Å². The van der Waals surface area contributed by atoms with Gasteiger partial charge >= 0.3 is 10.1 Å². The van der Waals surface area contributed by atoms with Crippen LogP contribution in [0, 0.1) is 12.8 Å². The van der Waals surface area contributed by atoms with E-state index in [1.807, 2.05) is 33.8 Å². The number of rotatable bonds is 12. The Labute approximate surface area is 266 Å². The summed E-state index contributed by atoms with van der Waals surface area (Å²) < 4.78 is 74.1. The quantitative estimate of drug-likeness (QED) is 0.0928. The summed E-state index contributed by atoms with van der Waals surface area (Å²) in [6.07, 6.45) is 7.33. The molecule has 0 bridgehead atoms. The molecular weight excluding hydrogens is 613 g/mol. The average molecular weight is 653 g/mol. The van der Waals surface area contributed by atoms with E-state index >= 15 is 0 Å². The minimum atomic E-state index is -4.30. The van der Waals surface area contributed by atoms with Gasteiger partial charge in [-0.1, -0.05) is 48.7 Å². The van der Waals surface area contributed by atoms with Crippen LogP contribution in [0.3, 0.4) is 0 Å². The van der Waals surface area contributed by atoms with Crippen LogP contribution in [0.4, 0.5) is 0 Å². The molecule has 5 rings (SSSR count). The summed E-state index contributed by atoms with van der Waals surface area (Å²) in [5, 5.41) is 0.522. The summed E-state index contributed by atoms with van der Waals surface area (Å²) in [7, 11) is -6.94. The van der Waals surface area contributed by atoms with E-state index in [-0.39, 0.29) is 38.9 Å². The van der Waals surface area contributed by atoms with Gasteiger partial charge in [-0.2, -0.15) is 8.42 Å². The Morgan fingerprint density at radius 3 is 2.31 bits per heavy atom. The van der Waals surface area contributed by atoms with E-state index in [0.717, 1.165) is 40.8 Å². The number of hydrogen-bond acceptors (Lipinski definition) is 8. The van der Waals surface area contributed by atoms with Gasteiger partial charge in [0, 0.05) is 25.1 Å². The molecule has 0 radical (unpaired) electrons. The zero-order valence-electron chi connectivity index (χ0n) is 26.3. The molecule has 1 saturated carbocycles. The third-order valence-electron chi connectivity index (χ3n) is 7.98. The molecule has 1 atom stereocenters. The number of pyridine rings is 1. The highest BCUT2D eigenvalue weighted by molar-refractivity contribution is 7.90. The first-order chi connectivity index (χ1) is 21.3. The fraction of sp³-hybridized carbons (Fsp3) is 0.382. The van der Waals surface area contributed by atoms with Crippen molar-refractivity contribution in [3.8, 4) is 0 Å². The van der Waals surface area contributed by atoms with Gasteiger partial charge in [-0.15, -0.1) is 0 Å². The number of fused-ring (bicyclic) bond motifs is 1. The zero-order chi connectivity index (χ0) is 32.4. The summed E-state index contributed by atoms with van der Waals surface area (Å²) >= 11 is 0. The van der Waals surface area contributed by atoms with Gasteiger partial charge in [0.2, 0.25) is 0 Å². The maximum absolute atomic E-state index is 14.3. The Morgan fingerprint density at radius 1 is 1.00 bits per heavy atom. The first kappa shape index (κ1) is 32.9. The largest absolute Gasteiger partial charge is 0.377 e. The lowest BCUT2D eigenvalue weighted by Gasteiger charge is -2.27. The Bertz CT molecular complexity index is 1890. The van der Waals surface area contributed by atoms with Gasteiger partial charge in [-0.05, 0) is 94.5 Å². The van der Waals surface area contributed by atoms with Crippen molar-refractivity contribution in [1.82, 2.24) is 8.96 Å². The maximum atomic E-state index is 14.3. The molecule has 1 aliphatic rings. The molecule has 0 aliphatic heterocycles. The number of benzene rings is 2. The normalized spacial score (nSPS) is 15.9. The average Bonchev–Trinajstić information content (AvgIpc) is 3.65. The summed E-state index contributed by atoms with van der Waals surface area (Å²) in [5.74, 6) is -0.790. The van der Waals surface area contributed by atoms with Gasteiger partial charge in [-0.3, -0.25) is 0 Å². The van der Waals surface area contributed by atoms with Crippen molar-refractivity contribution in [3.63, 3.8) is 0 Å². The van der Waals surface area contributed by atoms with Crippen LogP contribution in [0.5, 0.6) is 0 Å². The second-order valence-corrected chi connectivity index (χ2v) is 15.4. The third kappa shape index (κ3) is 7.49. The molecule has 11 heteroatoms. The number of ether oxygens (including phenoxy) is 2. The molecule has 0 amide bonds. The van der Waals surface area contributed by atoms with Crippen LogP contribution >= 0.6 is 0 Å². The van der Waals surface area contributed by atoms with Crippen molar-refractivity contribution in [2.24, 2.45) is 5.92 Å². The Morgan fingerprint density at radius 2 is 1.67 bits per heavy atom. The van der Waals surface area contributed by atoms with Crippen molar-refractivity contribution in [3.05, 3.63) is 95.8 Å². The van der Waals surface area contributed by atoms with E-state index < -0.39 is 25.9 Å². The number of nitrogens with zero attached hydrogens (tertiary/aromatic N) is 2. The van der Waals surface area contributed by atoms with Gasteiger partial charge in [0.15, 0.2) is 17.2 Å². The fourth-order valence-corrected chi connectivity index (χ4v) is 8.05. The third-order valence-corrected chi connectivity index (χ3v) is 11.0. The van der Waals surface area contributed by atoms with Crippen molar-refractivity contribution in [1.29, 1.82) is 0 Å². The minimum absolute atomic E-state index is 0.0209. The highest BCUT2D eigenvalue weighted by Gasteiger charge is 2.30. The van der Waals surface area contributed by atoms with E-state index in [1.165, 1.54) is 24.3 Å². The van der Waals surface area contributed by atoms with Crippen LogP contribution in [-0.2, 0) is 40.2 Å². The van der Waals surface area contributed by atoms with E-state index in [4.69, 9.17) is 13.7 Å². The van der Waals surface area contributed by atoms with Crippen molar-refractivity contribution < 1.29 is 30.5 Å². The predicted octanol–water partition coefficient (Wildman–Crippen LogP) is 6.85. The van der Waals surface area contributed by atoms with E-state index in [2.05, 4.69) is 4.98 Å². The summed E-state index contributed by atoms with van der Waals surface area (Å²) in [5.41, 5.74) is 1.97. The second kappa shape index (κ2) is 13.1. The molecule has 1 fully saturated rings. The molecule has 9 nitrogen and oxygen atoms in total. The van der Waals surface area contributed by atoms with Crippen molar-refractivity contribution in [2.75, 3.05) is 7.11 Å². The number of aromatic nitrogens is 2. The first-order valence-electron chi connectivity index (χ1n) is 15.1. The van der Waals surface area contributed by atoms with Gasteiger partial charge in [0.1, 0.15) is 10.6 Å². The summed E-state index contributed by atoms with van der Waals surface area (Å²) in [4.78, 5) is 4.63. The van der Waals surface area contributed by atoms with Gasteiger partial charge in [0.05, 0.1) is 11.0 Å². The predicted molar refractivity (Wildman–Crippen MR) is 173 cm³/mol. The molecule has 0 saturated heterocycles. The first-order valence-corrected chi connectivity index (χ1v) is 17.9. The molecule has 1 unspecified atom stereocenters. The monoisotopic (exact) mass is 652 g/mol. The molecule has 0 spiro atoms. The molecular formula is C34H40N2O7S2. The van der Waals surface area contributed by atoms with Crippen LogP contribution in [0.1, 0.15) is 63.3 Å². The smallest absolute Gasteiger partial charge is 0.339 e. The molecule has 2 aromatic heterocycles. The Hall–Kier alpha value is -3.51. The van der Waals surface area contributed by atoms with Gasteiger partial charge in [0.25, 0.3) is 10.0 Å². The molecule has 45 heavy (non-hydrogen) atoms. The van der Waals surface area contributed by atoms with Crippen LogP contribution in [0.2, 0.25) is 0 Å². The summed E-state index contributed by atoms with van der Waals surface area (Å²) in [6, 6.07) is 17.9. The second-order valence-electron chi connectivity index (χ2n) is 12.0. The number of hydrogen-bond donors (Lipinski definition) is 0. The topological polar surface area (TPSA) is 114 Å². The number of allylic oxidation sites excluding steroid dienone is 1. The number of aryl methyl sites for hydroxylation is 1. The molecule has 2 heterocycles. The lowest BCUT2D eigenvalue weighted by Crippen LogP contribution is -2.32. The molecule has 4 aromatic rings. The van der Waals surface area contributed by atoms with Crippen molar-refractivity contribution >= 4 is 36.9 Å². The standard InChI is InChI=1S/C34H40N2O7S2/c1-24-15-17-30(18-16-24)45(39,40)43-32(21-26-11-9-10-12-26)31-22-28-20-27(19-25(2)42-34(3,4)41-5)23-35-33(28)36(31)44(37,38)29-13-7-6-8-14-29/h6-8,13-18,20-23,25-26H,9-12,19H2,1-5H3. The lowest BCUT2D eigenvalue weighted by atomic mass is 10.1. The molecule has 240 valence electrons. The van der Waals surface area contributed by atoms with Gasteiger partial charge in [-0.25, -0.2) is 17.4 Å².